The lowest BCUT2D eigenvalue weighted by atomic mass is 10.2. The normalized spacial score (nSPS) is 10.9. The largest absolute Gasteiger partial charge is 0.349 e. The number of hydrogen-bond acceptors (Lipinski definition) is 7. The Morgan fingerprint density at radius 3 is 2.31 bits per heavy atom. The van der Waals surface area contributed by atoms with E-state index in [0.717, 1.165) is 31.7 Å². The van der Waals surface area contributed by atoms with Crippen molar-refractivity contribution in [3.05, 3.63) is 99.9 Å². The number of aryl methyl sites for hydroxylation is 1. The number of carbonyl (C=O) groups excluding carboxylic acids is 1. The van der Waals surface area contributed by atoms with Crippen LogP contribution in [0.3, 0.4) is 0 Å². The molecule has 2 aromatic carbocycles. The highest BCUT2D eigenvalue weighted by molar-refractivity contribution is 7.18. The van der Waals surface area contributed by atoms with E-state index in [1.165, 1.54) is 22.1 Å². The van der Waals surface area contributed by atoms with Gasteiger partial charge in [-0.3, -0.25) is 9.59 Å². The van der Waals surface area contributed by atoms with Crippen LogP contribution in [0.25, 0.3) is 31.7 Å². The highest BCUT2D eigenvalue weighted by Crippen LogP contribution is 2.33. The van der Waals surface area contributed by atoms with Crippen LogP contribution in [0.5, 0.6) is 0 Å². The zero-order valence-corrected chi connectivity index (χ0v) is 20.5. The van der Waals surface area contributed by atoms with Crippen molar-refractivity contribution < 1.29 is 4.79 Å². The Morgan fingerprint density at radius 1 is 0.914 bits per heavy atom. The van der Waals surface area contributed by atoms with Crippen LogP contribution in [0.15, 0.2) is 83.0 Å². The molecule has 35 heavy (non-hydrogen) atoms. The molecule has 3 aromatic heterocycles. The summed E-state index contributed by atoms with van der Waals surface area (Å²) in [5.41, 5.74) is 3.68. The molecule has 0 fully saturated rings. The van der Waals surface area contributed by atoms with Crippen LogP contribution in [0.2, 0.25) is 0 Å². The third-order valence-electron chi connectivity index (χ3n) is 5.28. The Labute approximate surface area is 209 Å². The van der Waals surface area contributed by atoms with E-state index in [1.807, 2.05) is 67.6 Å². The van der Waals surface area contributed by atoms with Crippen molar-refractivity contribution in [3.8, 4) is 31.7 Å². The van der Waals surface area contributed by atoms with Crippen molar-refractivity contribution in [3.63, 3.8) is 0 Å². The van der Waals surface area contributed by atoms with Crippen molar-refractivity contribution in [2.45, 2.75) is 13.5 Å². The quantitative estimate of drug-likeness (QED) is 0.344. The molecule has 0 radical (unpaired) electrons. The summed E-state index contributed by atoms with van der Waals surface area (Å²) in [6.07, 6.45) is 0. The Morgan fingerprint density at radius 2 is 1.60 bits per heavy atom. The van der Waals surface area contributed by atoms with Gasteiger partial charge in [0, 0.05) is 29.1 Å². The minimum atomic E-state index is -0.279. The predicted molar refractivity (Wildman–Crippen MR) is 140 cm³/mol. The van der Waals surface area contributed by atoms with Crippen molar-refractivity contribution in [2.75, 3.05) is 6.54 Å². The molecule has 0 spiro atoms. The number of rotatable bonds is 7. The average molecular weight is 500 g/mol. The molecule has 9 heteroatoms. The van der Waals surface area contributed by atoms with Gasteiger partial charge in [-0.15, -0.1) is 22.7 Å². The van der Waals surface area contributed by atoms with E-state index in [4.69, 9.17) is 0 Å². The fourth-order valence-electron chi connectivity index (χ4n) is 3.53. The first-order chi connectivity index (χ1) is 17.1. The van der Waals surface area contributed by atoms with E-state index >= 15 is 0 Å². The van der Waals surface area contributed by atoms with Crippen LogP contribution in [-0.4, -0.2) is 32.2 Å². The maximum Gasteiger partial charge on any atom is 0.270 e. The van der Waals surface area contributed by atoms with Gasteiger partial charge in [-0.2, -0.15) is 5.10 Å². The predicted octanol–water partition coefficient (Wildman–Crippen LogP) is 4.90. The van der Waals surface area contributed by atoms with Crippen LogP contribution < -0.4 is 10.9 Å². The number of carbonyl (C=O) groups is 1. The van der Waals surface area contributed by atoms with E-state index in [1.54, 1.807) is 22.8 Å². The first kappa shape index (κ1) is 22.8. The number of nitrogens with one attached hydrogen (secondary N) is 1. The lowest BCUT2D eigenvalue weighted by Crippen LogP contribution is -2.32. The molecule has 5 rings (SSSR count). The monoisotopic (exact) mass is 499 g/mol. The molecule has 0 aliphatic rings. The van der Waals surface area contributed by atoms with Crippen LogP contribution in [0.1, 0.15) is 16.2 Å². The second-order valence-corrected chi connectivity index (χ2v) is 9.60. The SMILES string of the molecule is Cc1nc(-c2ccccc2)sc1-c1ccc(=O)n(CCNC(=O)c2csc(-c3ccccc3)n2)n1. The number of amides is 1. The van der Waals surface area contributed by atoms with Crippen molar-refractivity contribution >= 4 is 28.6 Å². The zero-order chi connectivity index (χ0) is 24.2. The van der Waals surface area contributed by atoms with Gasteiger partial charge in [-0.25, -0.2) is 14.6 Å². The van der Waals surface area contributed by atoms with Crippen molar-refractivity contribution in [1.29, 1.82) is 0 Å². The number of aromatic nitrogens is 4. The van der Waals surface area contributed by atoms with Gasteiger partial charge in [0.05, 0.1) is 17.1 Å². The molecular weight excluding hydrogens is 478 g/mol. The molecule has 1 amide bonds. The third-order valence-corrected chi connectivity index (χ3v) is 7.40. The van der Waals surface area contributed by atoms with Gasteiger partial charge in [0.25, 0.3) is 11.5 Å². The zero-order valence-electron chi connectivity index (χ0n) is 18.8. The maximum absolute atomic E-state index is 12.6. The van der Waals surface area contributed by atoms with Gasteiger partial charge in [0.2, 0.25) is 0 Å². The molecule has 3 heterocycles. The summed E-state index contributed by atoms with van der Waals surface area (Å²) in [4.78, 5) is 35.0. The Kier molecular flexibility index (Phi) is 6.60. The molecular formula is C26H21N5O2S2. The molecule has 0 unspecified atom stereocenters. The highest BCUT2D eigenvalue weighted by Gasteiger charge is 2.15. The molecule has 0 atom stereocenters. The molecule has 0 saturated heterocycles. The van der Waals surface area contributed by atoms with Crippen LogP contribution in [0.4, 0.5) is 0 Å². The van der Waals surface area contributed by atoms with E-state index in [-0.39, 0.29) is 24.6 Å². The van der Waals surface area contributed by atoms with Gasteiger partial charge in [0.1, 0.15) is 21.4 Å². The van der Waals surface area contributed by atoms with Crippen LogP contribution in [0, 0.1) is 6.92 Å². The summed E-state index contributed by atoms with van der Waals surface area (Å²) in [6, 6.07) is 22.9. The summed E-state index contributed by atoms with van der Waals surface area (Å²) >= 11 is 2.96. The van der Waals surface area contributed by atoms with E-state index < -0.39 is 0 Å². The molecule has 5 aromatic rings. The summed E-state index contributed by atoms with van der Waals surface area (Å²) < 4.78 is 1.37. The Bertz CT molecular complexity index is 1520. The van der Waals surface area contributed by atoms with E-state index in [0.29, 0.717) is 11.4 Å². The number of thiazole rings is 2. The first-order valence-electron chi connectivity index (χ1n) is 11.0. The summed E-state index contributed by atoms with van der Waals surface area (Å²) in [5, 5.41) is 10.8. The number of hydrogen-bond donors (Lipinski definition) is 1. The molecule has 0 saturated carbocycles. The average Bonchev–Trinajstić information content (AvgIpc) is 3.54. The van der Waals surface area contributed by atoms with Crippen molar-refractivity contribution in [2.24, 2.45) is 0 Å². The fraction of sp³-hybridized carbons (Fsp3) is 0.115. The summed E-state index contributed by atoms with van der Waals surface area (Å²) in [7, 11) is 0. The maximum atomic E-state index is 12.6. The Balaban J connectivity index is 1.27. The highest BCUT2D eigenvalue weighted by atomic mass is 32.1. The summed E-state index contributed by atoms with van der Waals surface area (Å²) in [5.74, 6) is -0.279. The molecule has 1 N–H and O–H groups in total. The van der Waals surface area contributed by atoms with Crippen LogP contribution >= 0.6 is 22.7 Å². The lowest BCUT2D eigenvalue weighted by Gasteiger charge is -2.07. The molecule has 174 valence electrons. The summed E-state index contributed by atoms with van der Waals surface area (Å²) in [6.45, 7) is 2.44. The fourth-order valence-corrected chi connectivity index (χ4v) is 5.37. The van der Waals surface area contributed by atoms with Crippen molar-refractivity contribution in [1.82, 2.24) is 25.1 Å². The third kappa shape index (κ3) is 5.11. The standard InChI is InChI=1S/C26H21N5O2S2/c1-17-23(35-26(28-17)19-10-6-3-7-11-19)20-12-13-22(32)31(30-20)15-14-27-24(33)21-16-34-25(29-21)18-8-4-2-5-9-18/h2-13,16H,14-15H2,1H3,(H,27,33). The van der Waals surface area contributed by atoms with Gasteiger partial charge >= 0.3 is 0 Å². The minimum Gasteiger partial charge on any atom is -0.349 e. The topological polar surface area (TPSA) is 89.8 Å². The number of nitrogens with zero attached hydrogens (tertiary/aromatic N) is 4. The second kappa shape index (κ2) is 10.1. The second-order valence-electron chi connectivity index (χ2n) is 7.74. The molecule has 7 nitrogen and oxygen atoms in total. The molecule has 0 aliphatic carbocycles. The van der Waals surface area contributed by atoms with Crippen LogP contribution in [-0.2, 0) is 6.54 Å². The first-order valence-corrected chi connectivity index (χ1v) is 12.7. The van der Waals surface area contributed by atoms with E-state index in [9.17, 15) is 9.59 Å². The van der Waals surface area contributed by atoms with Gasteiger partial charge < -0.3 is 5.32 Å². The smallest absolute Gasteiger partial charge is 0.270 e. The Hall–Kier alpha value is -3.95. The minimum absolute atomic E-state index is 0.228. The number of benzene rings is 2. The van der Waals surface area contributed by atoms with Gasteiger partial charge in [-0.1, -0.05) is 60.7 Å². The lowest BCUT2D eigenvalue weighted by molar-refractivity contribution is 0.0947. The molecule has 0 bridgehead atoms. The van der Waals surface area contributed by atoms with Gasteiger partial charge in [0.15, 0.2) is 0 Å². The van der Waals surface area contributed by atoms with Gasteiger partial charge in [-0.05, 0) is 13.0 Å². The van der Waals surface area contributed by atoms with E-state index in [2.05, 4.69) is 20.4 Å². The molecule has 0 aliphatic heterocycles.